The van der Waals surface area contributed by atoms with Crippen molar-refractivity contribution in [3.05, 3.63) is 103 Å². The minimum Gasteiger partial charge on any atom is -0.361 e. The number of benzene rings is 2. The zero-order valence-electron chi connectivity index (χ0n) is 16.9. The van der Waals surface area contributed by atoms with Gasteiger partial charge in [0, 0.05) is 47.9 Å². The summed E-state index contributed by atoms with van der Waals surface area (Å²) in [7, 11) is 3.10. The van der Waals surface area contributed by atoms with Crippen LogP contribution in [0.5, 0.6) is 0 Å². The Morgan fingerprint density at radius 2 is 1.58 bits per heavy atom. The second kappa shape index (κ2) is 5.95. The van der Waals surface area contributed by atoms with Crippen LogP contribution in [0.1, 0.15) is 33.0 Å². The number of anilines is 1. The van der Waals surface area contributed by atoms with Crippen LogP contribution >= 0.6 is 0 Å². The van der Waals surface area contributed by atoms with Crippen LogP contribution in [0.15, 0.2) is 69.9 Å². The molecular weight excluding hydrogens is 392 g/mol. The lowest BCUT2D eigenvalue weighted by molar-refractivity contribution is 0.103. The van der Waals surface area contributed by atoms with Crippen molar-refractivity contribution in [2.45, 2.75) is 5.92 Å². The average Bonchev–Trinajstić information content (AvgIpc) is 3.35. The molecule has 0 saturated heterocycles. The largest absolute Gasteiger partial charge is 0.361 e. The Hall–Kier alpha value is -4.13. The van der Waals surface area contributed by atoms with Gasteiger partial charge in [-0.1, -0.05) is 42.5 Å². The Kier molecular flexibility index (Phi) is 3.40. The standard InChI is InChI=1S/C24H18N4O3/c1-27-22-19(23(30)28(2)24(27)31)17(15-11-25-16-10-6-5-7-12(15)16)18-20(26-22)13-8-3-4-9-14(13)21(18)29/h3-11,17,25-26H,1-2H3/t17-/m0/s1. The summed E-state index contributed by atoms with van der Waals surface area (Å²) in [5, 5.41) is 4.20. The molecule has 1 aliphatic heterocycles. The van der Waals surface area contributed by atoms with Crippen LogP contribution in [-0.2, 0) is 14.1 Å². The van der Waals surface area contributed by atoms with Crippen molar-refractivity contribution < 1.29 is 4.79 Å². The summed E-state index contributed by atoms with van der Waals surface area (Å²) in [5.74, 6) is -0.283. The predicted molar refractivity (Wildman–Crippen MR) is 118 cm³/mol. The third kappa shape index (κ3) is 2.15. The first-order chi connectivity index (χ1) is 15.0. The number of para-hydroxylation sites is 1. The number of hydrogen-bond acceptors (Lipinski definition) is 4. The number of hydrogen-bond donors (Lipinski definition) is 2. The highest BCUT2D eigenvalue weighted by atomic mass is 16.2. The molecule has 0 saturated carbocycles. The summed E-state index contributed by atoms with van der Waals surface area (Å²) >= 11 is 0. The maximum atomic E-state index is 13.5. The number of carbonyl (C=O) groups excluding carboxylic acids is 1. The SMILES string of the molecule is Cn1c2c(c(=O)n(C)c1=O)[C@@H](c1c[nH]c3ccccc13)C1=C(N2)c2ccccc2C1=O. The molecule has 0 radical (unpaired) electrons. The normalized spacial score (nSPS) is 16.8. The molecular formula is C24H18N4O3. The zero-order valence-corrected chi connectivity index (χ0v) is 16.9. The van der Waals surface area contributed by atoms with E-state index in [0.29, 0.717) is 28.2 Å². The molecule has 3 heterocycles. The summed E-state index contributed by atoms with van der Waals surface area (Å²) in [5.41, 5.74) is 3.90. The van der Waals surface area contributed by atoms with Gasteiger partial charge >= 0.3 is 5.69 Å². The second-order valence-corrected chi connectivity index (χ2v) is 7.98. The predicted octanol–water partition coefficient (Wildman–Crippen LogP) is 2.73. The number of nitrogens with one attached hydrogen (secondary N) is 2. The van der Waals surface area contributed by atoms with Crippen LogP contribution in [0.3, 0.4) is 0 Å². The molecule has 2 aromatic heterocycles. The lowest BCUT2D eigenvalue weighted by Crippen LogP contribution is -2.42. The third-order valence-corrected chi connectivity index (χ3v) is 6.41. The minimum absolute atomic E-state index is 0.102. The number of allylic oxidation sites excluding steroid dienone is 1. The number of fused-ring (bicyclic) bond motifs is 4. The summed E-state index contributed by atoms with van der Waals surface area (Å²) in [4.78, 5) is 42.8. The maximum Gasteiger partial charge on any atom is 0.332 e. The molecule has 1 aliphatic carbocycles. The van der Waals surface area contributed by atoms with Gasteiger partial charge in [-0.25, -0.2) is 4.79 Å². The van der Waals surface area contributed by atoms with Gasteiger partial charge in [-0.3, -0.25) is 18.7 Å². The molecule has 31 heavy (non-hydrogen) atoms. The molecule has 2 aromatic carbocycles. The van der Waals surface area contributed by atoms with E-state index in [0.717, 1.165) is 26.6 Å². The van der Waals surface area contributed by atoms with Gasteiger partial charge in [-0.15, -0.1) is 0 Å². The van der Waals surface area contributed by atoms with Crippen molar-refractivity contribution in [1.82, 2.24) is 14.1 Å². The van der Waals surface area contributed by atoms with Crippen molar-refractivity contribution in [2.24, 2.45) is 14.1 Å². The lowest BCUT2D eigenvalue weighted by atomic mass is 9.81. The molecule has 0 fully saturated rings. The number of Topliss-reactive ketones (excluding diaryl/α,β-unsaturated/α-hetero) is 1. The summed E-state index contributed by atoms with van der Waals surface area (Å²) in [6.07, 6.45) is 1.86. The highest BCUT2D eigenvalue weighted by Gasteiger charge is 2.43. The second-order valence-electron chi connectivity index (χ2n) is 7.98. The topological polar surface area (TPSA) is 88.9 Å². The van der Waals surface area contributed by atoms with Crippen LogP contribution in [-0.4, -0.2) is 19.9 Å². The molecule has 152 valence electrons. The highest BCUT2D eigenvalue weighted by Crippen LogP contribution is 2.48. The van der Waals surface area contributed by atoms with E-state index < -0.39 is 17.2 Å². The molecule has 1 atom stereocenters. The molecule has 0 bridgehead atoms. The fraction of sp³-hybridized carbons (Fsp3) is 0.125. The third-order valence-electron chi connectivity index (χ3n) is 6.41. The van der Waals surface area contributed by atoms with Crippen molar-refractivity contribution in [1.29, 1.82) is 0 Å². The van der Waals surface area contributed by atoms with Crippen molar-refractivity contribution in [3.8, 4) is 0 Å². The first kappa shape index (κ1) is 17.7. The monoisotopic (exact) mass is 410 g/mol. The summed E-state index contributed by atoms with van der Waals surface area (Å²) < 4.78 is 2.54. The number of nitrogens with zero attached hydrogens (tertiary/aromatic N) is 2. The summed E-state index contributed by atoms with van der Waals surface area (Å²) in [6, 6.07) is 15.2. The Bertz CT molecular complexity index is 1600. The fourth-order valence-corrected chi connectivity index (χ4v) is 4.90. The van der Waals surface area contributed by atoms with Crippen LogP contribution < -0.4 is 16.6 Å². The fourth-order valence-electron chi connectivity index (χ4n) is 4.90. The van der Waals surface area contributed by atoms with E-state index in [1.165, 1.54) is 11.6 Å². The van der Waals surface area contributed by atoms with Gasteiger partial charge < -0.3 is 10.3 Å². The minimum atomic E-state index is -0.604. The van der Waals surface area contributed by atoms with Crippen molar-refractivity contribution in [2.75, 3.05) is 5.32 Å². The number of aromatic nitrogens is 3. The quantitative estimate of drug-likeness (QED) is 0.505. The maximum absolute atomic E-state index is 13.5. The first-order valence-corrected chi connectivity index (χ1v) is 10.00. The van der Waals surface area contributed by atoms with Crippen LogP contribution in [0.25, 0.3) is 16.6 Å². The Labute approximate surface area is 176 Å². The highest BCUT2D eigenvalue weighted by molar-refractivity contribution is 6.24. The number of ketones is 1. The molecule has 0 unspecified atom stereocenters. The molecule has 4 aromatic rings. The van der Waals surface area contributed by atoms with Gasteiger partial charge in [-0.2, -0.15) is 0 Å². The van der Waals surface area contributed by atoms with E-state index in [2.05, 4.69) is 10.3 Å². The summed E-state index contributed by atoms with van der Waals surface area (Å²) in [6.45, 7) is 0. The molecule has 0 amide bonds. The van der Waals surface area contributed by atoms with Crippen molar-refractivity contribution in [3.63, 3.8) is 0 Å². The Balaban J connectivity index is 1.76. The lowest BCUT2D eigenvalue weighted by Gasteiger charge is -2.29. The Morgan fingerprint density at radius 1 is 0.871 bits per heavy atom. The van der Waals surface area contributed by atoms with Crippen molar-refractivity contribution >= 4 is 28.2 Å². The zero-order chi connectivity index (χ0) is 21.4. The Morgan fingerprint density at radius 3 is 2.39 bits per heavy atom. The van der Waals surface area contributed by atoms with Crippen LogP contribution in [0, 0.1) is 0 Å². The average molecular weight is 410 g/mol. The first-order valence-electron chi connectivity index (χ1n) is 10.00. The molecule has 2 N–H and O–H groups in total. The molecule has 7 heteroatoms. The molecule has 2 aliphatic rings. The van der Waals surface area contributed by atoms with E-state index in [1.807, 2.05) is 48.7 Å². The molecule has 0 spiro atoms. The van der Waals surface area contributed by atoms with Gasteiger partial charge in [0.1, 0.15) is 5.82 Å². The smallest absolute Gasteiger partial charge is 0.332 e. The van der Waals surface area contributed by atoms with Crippen LogP contribution in [0.2, 0.25) is 0 Å². The number of H-pyrrole nitrogens is 1. The molecule has 7 nitrogen and oxygen atoms in total. The number of carbonyl (C=O) groups is 1. The van der Waals surface area contributed by atoms with Gasteiger partial charge in [0.25, 0.3) is 5.56 Å². The van der Waals surface area contributed by atoms with E-state index in [4.69, 9.17) is 0 Å². The van der Waals surface area contributed by atoms with Gasteiger partial charge in [-0.05, 0) is 11.6 Å². The van der Waals surface area contributed by atoms with E-state index >= 15 is 0 Å². The number of rotatable bonds is 1. The van der Waals surface area contributed by atoms with Gasteiger partial charge in [0.15, 0.2) is 5.78 Å². The van der Waals surface area contributed by atoms with E-state index in [1.54, 1.807) is 13.1 Å². The number of aromatic amines is 1. The van der Waals surface area contributed by atoms with E-state index in [9.17, 15) is 14.4 Å². The molecule has 6 rings (SSSR count). The van der Waals surface area contributed by atoms with E-state index in [-0.39, 0.29) is 5.78 Å². The van der Waals surface area contributed by atoms with Crippen LogP contribution in [0.4, 0.5) is 5.82 Å². The van der Waals surface area contributed by atoms with Gasteiger partial charge in [0.2, 0.25) is 0 Å². The van der Waals surface area contributed by atoms with Gasteiger partial charge in [0.05, 0.1) is 17.2 Å².